The second-order valence-electron chi connectivity index (χ2n) is 3.37. The molecule has 0 rings (SSSR count). The van der Waals surface area contributed by atoms with Crippen LogP contribution in [0.5, 0.6) is 0 Å². The van der Waals surface area contributed by atoms with E-state index in [4.69, 9.17) is 10.5 Å². The molecule has 0 saturated carbocycles. The average Bonchev–Trinajstić information content (AvgIpc) is 2.22. The summed E-state index contributed by atoms with van der Waals surface area (Å²) in [7, 11) is 1.32. The molecular weight excluding hydrogens is 180 g/mol. The molecule has 0 aromatic rings. The van der Waals surface area contributed by atoms with E-state index in [0.717, 1.165) is 0 Å². The van der Waals surface area contributed by atoms with Crippen LogP contribution in [0.1, 0.15) is 32.6 Å². The van der Waals surface area contributed by atoms with E-state index in [1.54, 1.807) is 6.92 Å². The molecule has 0 aromatic carbocycles. The minimum atomic E-state index is -0.694. The van der Waals surface area contributed by atoms with Crippen molar-refractivity contribution in [3.63, 3.8) is 0 Å². The highest BCUT2D eigenvalue weighted by atomic mass is 16.5. The lowest BCUT2D eigenvalue weighted by Crippen LogP contribution is -2.29. The Balaban J connectivity index is 4.43. The van der Waals surface area contributed by atoms with E-state index in [0.29, 0.717) is 25.7 Å². The number of rotatable bonds is 5. The van der Waals surface area contributed by atoms with Crippen LogP contribution in [-0.2, 0) is 9.53 Å². The van der Waals surface area contributed by atoms with E-state index < -0.39 is 5.41 Å². The van der Waals surface area contributed by atoms with Gasteiger partial charge in [-0.15, -0.1) is 0 Å². The molecule has 0 aliphatic carbocycles. The van der Waals surface area contributed by atoms with Crippen molar-refractivity contribution in [2.24, 2.45) is 5.41 Å². The molecule has 0 unspecified atom stereocenters. The van der Waals surface area contributed by atoms with Crippen LogP contribution in [0.3, 0.4) is 0 Å². The van der Waals surface area contributed by atoms with Crippen molar-refractivity contribution in [1.82, 2.24) is 0 Å². The average molecular weight is 194 g/mol. The fourth-order valence-electron chi connectivity index (χ4n) is 1.24. The Kier molecular flexibility index (Phi) is 5.33. The molecule has 0 spiro atoms. The van der Waals surface area contributed by atoms with Gasteiger partial charge in [-0.2, -0.15) is 10.5 Å². The molecule has 0 radical (unpaired) electrons. The second-order valence-corrected chi connectivity index (χ2v) is 3.37. The summed E-state index contributed by atoms with van der Waals surface area (Å²) in [5, 5.41) is 16.9. The summed E-state index contributed by atoms with van der Waals surface area (Å²) >= 11 is 0. The van der Waals surface area contributed by atoms with Crippen molar-refractivity contribution in [2.45, 2.75) is 32.6 Å². The largest absolute Gasteiger partial charge is 0.469 e. The zero-order chi connectivity index (χ0) is 11.0. The molecule has 0 aliphatic heterocycles. The van der Waals surface area contributed by atoms with Gasteiger partial charge in [0.2, 0.25) is 0 Å². The number of esters is 1. The van der Waals surface area contributed by atoms with Gasteiger partial charge in [0.25, 0.3) is 0 Å². The molecule has 0 amide bonds. The van der Waals surface area contributed by atoms with Crippen molar-refractivity contribution < 1.29 is 9.53 Å². The number of ether oxygens (including phenoxy) is 1. The van der Waals surface area contributed by atoms with Gasteiger partial charge in [0.15, 0.2) is 0 Å². The van der Waals surface area contributed by atoms with Gasteiger partial charge in [0.1, 0.15) is 0 Å². The molecule has 0 atom stereocenters. The van der Waals surface area contributed by atoms with E-state index in [9.17, 15) is 4.79 Å². The molecule has 0 bridgehead atoms. The lowest BCUT2D eigenvalue weighted by atomic mass is 9.81. The highest BCUT2D eigenvalue weighted by Gasteiger charge is 2.33. The van der Waals surface area contributed by atoms with Gasteiger partial charge in [-0.05, 0) is 19.8 Å². The van der Waals surface area contributed by atoms with E-state index in [1.807, 2.05) is 12.1 Å². The van der Waals surface area contributed by atoms with Gasteiger partial charge in [-0.1, -0.05) is 0 Å². The smallest absolute Gasteiger partial charge is 0.311 e. The number of carbonyl (C=O) groups excluding carboxylic acids is 1. The number of methoxy groups -OCH3 is 1. The van der Waals surface area contributed by atoms with Crippen LogP contribution in [-0.4, -0.2) is 13.1 Å². The van der Waals surface area contributed by atoms with Crippen LogP contribution in [0, 0.1) is 28.1 Å². The van der Waals surface area contributed by atoms with Crippen molar-refractivity contribution in [3.05, 3.63) is 0 Å². The predicted octanol–water partition coefficient (Wildman–Crippen LogP) is 1.77. The van der Waals surface area contributed by atoms with Crippen LogP contribution >= 0.6 is 0 Å². The van der Waals surface area contributed by atoms with E-state index >= 15 is 0 Å². The summed E-state index contributed by atoms with van der Waals surface area (Å²) in [4.78, 5) is 11.4. The lowest BCUT2D eigenvalue weighted by Gasteiger charge is -2.24. The molecule has 0 aromatic heterocycles. The highest BCUT2D eigenvalue weighted by molar-refractivity contribution is 5.76. The Labute approximate surface area is 84.1 Å². The Morgan fingerprint density at radius 1 is 1.29 bits per heavy atom. The van der Waals surface area contributed by atoms with Crippen LogP contribution < -0.4 is 0 Å². The maximum absolute atomic E-state index is 11.4. The molecule has 4 heteroatoms. The van der Waals surface area contributed by atoms with Crippen LogP contribution in [0.15, 0.2) is 0 Å². The number of carbonyl (C=O) groups is 1. The highest BCUT2D eigenvalue weighted by Crippen LogP contribution is 2.30. The van der Waals surface area contributed by atoms with Crippen molar-refractivity contribution in [2.75, 3.05) is 7.11 Å². The number of nitrogens with zero attached hydrogens (tertiary/aromatic N) is 2. The maximum atomic E-state index is 11.4. The maximum Gasteiger partial charge on any atom is 0.311 e. The van der Waals surface area contributed by atoms with Crippen molar-refractivity contribution >= 4 is 5.97 Å². The van der Waals surface area contributed by atoms with Gasteiger partial charge in [-0.3, -0.25) is 4.79 Å². The summed E-state index contributed by atoms with van der Waals surface area (Å²) in [6.45, 7) is 1.73. The normalized spacial score (nSPS) is 10.0. The fraction of sp³-hybridized carbons (Fsp3) is 0.700. The van der Waals surface area contributed by atoms with Crippen LogP contribution in [0.2, 0.25) is 0 Å². The number of nitriles is 2. The molecule has 0 fully saturated rings. The van der Waals surface area contributed by atoms with E-state index in [-0.39, 0.29) is 5.97 Å². The zero-order valence-corrected chi connectivity index (χ0v) is 8.54. The minimum absolute atomic E-state index is 0.303. The number of hydrogen-bond acceptors (Lipinski definition) is 4. The summed E-state index contributed by atoms with van der Waals surface area (Å²) < 4.78 is 4.65. The molecule has 14 heavy (non-hydrogen) atoms. The first-order valence-corrected chi connectivity index (χ1v) is 4.43. The third-order valence-corrected chi connectivity index (χ3v) is 2.26. The van der Waals surface area contributed by atoms with Gasteiger partial charge >= 0.3 is 5.97 Å². The van der Waals surface area contributed by atoms with Gasteiger partial charge < -0.3 is 4.74 Å². The SMILES string of the molecule is COC(=O)C(C)(CCC#N)CCC#N. The second kappa shape index (κ2) is 5.99. The van der Waals surface area contributed by atoms with E-state index in [2.05, 4.69) is 4.74 Å². The van der Waals surface area contributed by atoms with Gasteiger partial charge in [0, 0.05) is 12.8 Å². The van der Waals surface area contributed by atoms with Gasteiger partial charge in [-0.25, -0.2) is 0 Å². The Bertz CT molecular complexity index is 255. The summed E-state index contributed by atoms with van der Waals surface area (Å²) in [5.41, 5.74) is -0.694. The first kappa shape index (κ1) is 12.4. The molecule has 0 aliphatic rings. The summed E-state index contributed by atoms with van der Waals surface area (Å²) in [6.07, 6.45) is 1.49. The van der Waals surface area contributed by atoms with Crippen LogP contribution in [0.25, 0.3) is 0 Å². The van der Waals surface area contributed by atoms with Gasteiger partial charge in [0.05, 0.1) is 24.7 Å². The Morgan fingerprint density at radius 2 is 1.71 bits per heavy atom. The third kappa shape index (κ3) is 3.45. The summed E-state index contributed by atoms with van der Waals surface area (Å²) in [6, 6.07) is 3.98. The first-order valence-electron chi connectivity index (χ1n) is 4.43. The monoisotopic (exact) mass is 194 g/mol. The zero-order valence-electron chi connectivity index (χ0n) is 8.54. The molecular formula is C10H14N2O2. The van der Waals surface area contributed by atoms with E-state index in [1.165, 1.54) is 7.11 Å². The van der Waals surface area contributed by atoms with Crippen molar-refractivity contribution in [1.29, 1.82) is 10.5 Å². The van der Waals surface area contributed by atoms with Crippen molar-refractivity contribution in [3.8, 4) is 12.1 Å². The predicted molar refractivity (Wildman–Crippen MR) is 49.8 cm³/mol. The lowest BCUT2D eigenvalue weighted by molar-refractivity contribution is -0.152. The topological polar surface area (TPSA) is 73.9 Å². The quantitative estimate of drug-likeness (QED) is 0.625. The number of hydrogen-bond donors (Lipinski definition) is 0. The minimum Gasteiger partial charge on any atom is -0.469 e. The molecule has 0 heterocycles. The molecule has 76 valence electrons. The third-order valence-electron chi connectivity index (χ3n) is 2.26. The standard InChI is InChI=1S/C10H14N2O2/c1-10(5-3-7-11,6-4-8-12)9(13)14-2/h3-6H2,1-2H3. The molecule has 0 N–H and O–H groups in total. The Morgan fingerprint density at radius 3 is 2.00 bits per heavy atom. The Hall–Kier alpha value is -1.55. The molecule has 0 saturated heterocycles. The fourth-order valence-corrected chi connectivity index (χ4v) is 1.24. The van der Waals surface area contributed by atoms with Crippen LogP contribution in [0.4, 0.5) is 0 Å². The first-order chi connectivity index (χ1) is 6.60. The molecule has 4 nitrogen and oxygen atoms in total. The summed E-state index contributed by atoms with van der Waals surface area (Å²) in [5.74, 6) is -0.344.